The van der Waals surface area contributed by atoms with Gasteiger partial charge in [-0.3, -0.25) is 10.4 Å². The first-order valence-electron chi connectivity index (χ1n) is 5.53. The molecule has 1 heterocycles. The molecule has 1 N–H and O–H groups in total. The molecule has 3 heteroatoms. The molecule has 0 amide bonds. The lowest BCUT2D eigenvalue weighted by molar-refractivity contribution is 1.28. The van der Waals surface area contributed by atoms with Crippen LogP contribution in [0.15, 0.2) is 53.9 Å². The summed E-state index contributed by atoms with van der Waals surface area (Å²) in [6, 6.07) is 12.0. The normalized spacial score (nSPS) is 11.3. The van der Waals surface area contributed by atoms with E-state index in [0.717, 1.165) is 17.0 Å². The summed E-state index contributed by atoms with van der Waals surface area (Å²) in [5.41, 5.74) is 7.19. The third kappa shape index (κ3) is 3.14. The molecule has 86 valence electrons. The van der Waals surface area contributed by atoms with Crippen molar-refractivity contribution < 1.29 is 0 Å². The van der Waals surface area contributed by atoms with Crippen LogP contribution < -0.4 is 5.43 Å². The summed E-state index contributed by atoms with van der Waals surface area (Å²) in [6.07, 6.45) is 3.56. The maximum absolute atomic E-state index is 4.33. The van der Waals surface area contributed by atoms with Gasteiger partial charge in [0.25, 0.3) is 0 Å². The molecule has 0 atom stereocenters. The number of pyridine rings is 1. The molecule has 0 aliphatic heterocycles. The maximum Gasteiger partial charge on any atom is 0.0663 e. The SMILES string of the molecule is C/C(=N/Nc1cccc(C)c1)c1cccnc1. The fourth-order valence-electron chi connectivity index (χ4n) is 1.50. The van der Waals surface area contributed by atoms with Gasteiger partial charge in [0.05, 0.1) is 11.4 Å². The van der Waals surface area contributed by atoms with Crippen LogP contribution in [-0.4, -0.2) is 10.7 Å². The summed E-state index contributed by atoms with van der Waals surface area (Å²) in [4.78, 5) is 4.07. The summed E-state index contributed by atoms with van der Waals surface area (Å²) in [7, 11) is 0. The Morgan fingerprint density at radius 3 is 2.82 bits per heavy atom. The van der Waals surface area contributed by atoms with E-state index in [2.05, 4.69) is 34.6 Å². The minimum Gasteiger partial charge on any atom is -0.278 e. The van der Waals surface area contributed by atoms with E-state index in [1.807, 2.05) is 31.2 Å². The molecule has 3 nitrogen and oxygen atoms in total. The fourth-order valence-corrected chi connectivity index (χ4v) is 1.50. The van der Waals surface area contributed by atoms with Crippen molar-refractivity contribution in [3.8, 4) is 0 Å². The molecular weight excluding hydrogens is 210 g/mol. The van der Waals surface area contributed by atoms with Gasteiger partial charge in [0, 0.05) is 18.0 Å². The Balaban J connectivity index is 2.11. The zero-order valence-corrected chi connectivity index (χ0v) is 10.0. The van der Waals surface area contributed by atoms with Gasteiger partial charge in [-0.2, -0.15) is 5.10 Å². The molecular formula is C14H15N3. The van der Waals surface area contributed by atoms with Crippen molar-refractivity contribution >= 4 is 11.4 Å². The number of anilines is 1. The van der Waals surface area contributed by atoms with Crippen LogP contribution in [0, 0.1) is 6.92 Å². The number of aromatic nitrogens is 1. The number of hydrogen-bond donors (Lipinski definition) is 1. The molecule has 1 aromatic heterocycles. The number of nitrogens with one attached hydrogen (secondary N) is 1. The van der Waals surface area contributed by atoms with Crippen molar-refractivity contribution in [2.24, 2.45) is 5.10 Å². The van der Waals surface area contributed by atoms with Crippen molar-refractivity contribution in [3.05, 3.63) is 59.9 Å². The average Bonchev–Trinajstić information content (AvgIpc) is 2.37. The quantitative estimate of drug-likeness (QED) is 0.643. The van der Waals surface area contributed by atoms with Crippen molar-refractivity contribution in [2.45, 2.75) is 13.8 Å². The van der Waals surface area contributed by atoms with Crippen molar-refractivity contribution in [1.82, 2.24) is 4.98 Å². The van der Waals surface area contributed by atoms with Crippen LogP contribution in [0.4, 0.5) is 5.69 Å². The summed E-state index contributed by atoms with van der Waals surface area (Å²) >= 11 is 0. The zero-order valence-electron chi connectivity index (χ0n) is 10.0. The molecule has 2 aromatic rings. The second-order valence-corrected chi connectivity index (χ2v) is 3.92. The Morgan fingerprint density at radius 1 is 1.24 bits per heavy atom. The molecule has 0 spiro atoms. The van der Waals surface area contributed by atoms with Gasteiger partial charge in [0.2, 0.25) is 0 Å². The van der Waals surface area contributed by atoms with Crippen molar-refractivity contribution in [3.63, 3.8) is 0 Å². The second kappa shape index (κ2) is 5.25. The Labute approximate surface area is 101 Å². The second-order valence-electron chi connectivity index (χ2n) is 3.92. The molecule has 0 radical (unpaired) electrons. The number of nitrogens with zero attached hydrogens (tertiary/aromatic N) is 2. The number of rotatable bonds is 3. The number of hydrogen-bond acceptors (Lipinski definition) is 3. The van der Waals surface area contributed by atoms with Gasteiger partial charge >= 0.3 is 0 Å². The van der Waals surface area contributed by atoms with Crippen LogP contribution in [0.1, 0.15) is 18.1 Å². The zero-order chi connectivity index (χ0) is 12.1. The van der Waals surface area contributed by atoms with Crippen LogP contribution >= 0.6 is 0 Å². The van der Waals surface area contributed by atoms with Crippen LogP contribution in [-0.2, 0) is 0 Å². The lowest BCUT2D eigenvalue weighted by Crippen LogP contribution is -2.00. The Bertz CT molecular complexity index is 518. The van der Waals surface area contributed by atoms with E-state index < -0.39 is 0 Å². The molecule has 0 aliphatic rings. The molecule has 0 unspecified atom stereocenters. The highest BCUT2D eigenvalue weighted by molar-refractivity contribution is 5.98. The van der Waals surface area contributed by atoms with E-state index in [4.69, 9.17) is 0 Å². The van der Waals surface area contributed by atoms with Crippen LogP contribution in [0.2, 0.25) is 0 Å². The minimum absolute atomic E-state index is 0.916. The molecule has 0 saturated heterocycles. The highest BCUT2D eigenvalue weighted by atomic mass is 15.3. The lowest BCUT2D eigenvalue weighted by Gasteiger charge is -2.03. The summed E-state index contributed by atoms with van der Waals surface area (Å²) < 4.78 is 0. The summed E-state index contributed by atoms with van der Waals surface area (Å²) in [5, 5.41) is 4.33. The topological polar surface area (TPSA) is 37.3 Å². The Morgan fingerprint density at radius 2 is 2.12 bits per heavy atom. The first-order valence-corrected chi connectivity index (χ1v) is 5.53. The predicted octanol–water partition coefficient (Wildman–Crippen LogP) is 3.23. The average molecular weight is 225 g/mol. The van der Waals surface area contributed by atoms with Gasteiger partial charge in [-0.15, -0.1) is 0 Å². The highest BCUT2D eigenvalue weighted by Crippen LogP contribution is 2.09. The van der Waals surface area contributed by atoms with E-state index in [1.54, 1.807) is 12.4 Å². The minimum atomic E-state index is 0.916. The summed E-state index contributed by atoms with van der Waals surface area (Å²) in [6.45, 7) is 4.02. The smallest absolute Gasteiger partial charge is 0.0663 e. The van der Waals surface area contributed by atoms with Gasteiger partial charge < -0.3 is 0 Å². The third-order valence-electron chi connectivity index (χ3n) is 2.45. The highest BCUT2D eigenvalue weighted by Gasteiger charge is 1.96. The Kier molecular flexibility index (Phi) is 3.50. The Hall–Kier alpha value is -2.16. The molecule has 2 rings (SSSR count). The molecule has 0 aliphatic carbocycles. The van der Waals surface area contributed by atoms with E-state index in [9.17, 15) is 0 Å². The maximum atomic E-state index is 4.33. The first-order chi connectivity index (χ1) is 8.25. The number of aryl methyl sites for hydroxylation is 1. The molecule has 0 saturated carbocycles. The lowest BCUT2D eigenvalue weighted by atomic mass is 10.2. The van der Waals surface area contributed by atoms with Gasteiger partial charge in [0.1, 0.15) is 0 Å². The number of hydrazone groups is 1. The van der Waals surface area contributed by atoms with E-state index in [-0.39, 0.29) is 0 Å². The van der Waals surface area contributed by atoms with Crippen LogP contribution in [0.3, 0.4) is 0 Å². The number of benzene rings is 1. The fraction of sp³-hybridized carbons (Fsp3) is 0.143. The molecule has 0 fully saturated rings. The van der Waals surface area contributed by atoms with Gasteiger partial charge in [-0.25, -0.2) is 0 Å². The van der Waals surface area contributed by atoms with E-state index in [1.165, 1.54) is 5.56 Å². The molecule has 17 heavy (non-hydrogen) atoms. The summed E-state index contributed by atoms with van der Waals surface area (Å²) in [5.74, 6) is 0. The predicted molar refractivity (Wildman–Crippen MR) is 71.2 cm³/mol. The first kappa shape index (κ1) is 11.3. The van der Waals surface area contributed by atoms with E-state index >= 15 is 0 Å². The monoisotopic (exact) mass is 225 g/mol. The standard InChI is InChI=1S/C14H15N3/c1-11-5-3-7-14(9-11)17-16-12(2)13-6-4-8-15-10-13/h3-10,17H,1-2H3/b16-12-. The van der Waals surface area contributed by atoms with Gasteiger partial charge in [-0.1, -0.05) is 18.2 Å². The van der Waals surface area contributed by atoms with Gasteiger partial charge in [0.15, 0.2) is 0 Å². The molecule has 0 bridgehead atoms. The van der Waals surface area contributed by atoms with Crippen molar-refractivity contribution in [2.75, 3.05) is 5.43 Å². The van der Waals surface area contributed by atoms with E-state index in [0.29, 0.717) is 0 Å². The van der Waals surface area contributed by atoms with Crippen molar-refractivity contribution in [1.29, 1.82) is 0 Å². The van der Waals surface area contributed by atoms with Crippen LogP contribution in [0.5, 0.6) is 0 Å². The largest absolute Gasteiger partial charge is 0.278 e. The van der Waals surface area contributed by atoms with Crippen LogP contribution in [0.25, 0.3) is 0 Å². The van der Waals surface area contributed by atoms with Gasteiger partial charge in [-0.05, 0) is 37.6 Å². The molecule has 1 aromatic carbocycles. The third-order valence-corrected chi connectivity index (χ3v) is 2.45.